The third kappa shape index (κ3) is 2.43. The van der Waals surface area contributed by atoms with Crippen LogP contribution in [0.1, 0.15) is 23.4 Å². The van der Waals surface area contributed by atoms with Gasteiger partial charge in [0.1, 0.15) is 0 Å². The number of hydrogen-bond acceptors (Lipinski definition) is 4. The maximum absolute atomic E-state index is 5.82. The molecular formula is C15H19N3O2. The van der Waals surface area contributed by atoms with Crippen molar-refractivity contribution in [3.05, 3.63) is 35.2 Å². The van der Waals surface area contributed by atoms with Crippen LogP contribution in [0, 0.1) is 13.8 Å². The molecule has 5 heteroatoms. The highest BCUT2D eigenvalue weighted by Gasteiger charge is 2.15. The monoisotopic (exact) mass is 273 g/mol. The summed E-state index contributed by atoms with van der Waals surface area (Å²) in [5.41, 5.74) is 4.17. The van der Waals surface area contributed by atoms with E-state index in [1.807, 2.05) is 26.0 Å². The zero-order valence-electron chi connectivity index (χ0n) is 11.8. The van der Waals surface area contributed by atoms with Crippen LogP contribution in [0.25, 0.3) is 0 Å². The van der Waals surface area contributed by atoms with Crippen LogP contribution >= 0.6 is 0 Å². The fourth-order valence-electron chi connectivity index (χ4n) is 2.39. The van der Waals surface area contributed by atoms with Gasteiger partial charge in [0.25, 0.3) is 0 Å². The van der Waals surface area contributed by atoms with Crippen molar-refractivity contribution in [3.8, 4) is 11.5 Å². The van der Waals surface area contributed by atoms with E-state index in [1.165, 1.54) is 0 Å². The smallest absolute Gasteiger partial charge is 0.166 e. The summed E-state index contributed by atoms with van der Waals surface area (Å²) in [5, 5.41) is 10.6. The average molecular weight is 273 g/mol. The molecule has 2 heterocycles. The molecule has 1 aliphatic heterocycles. The maximum Gasteiger partial charge on any atom is 0.166 e. The first-order valence-electron chi connectivity index (χ1n) is 6.88. The van der Waals surface area contributed by atoms with Gasteiger partial charge in [-0.2, -0.15) is 5.10 Å². The zero-order chi connectivity index (χ0) is 13.9. The lowest BCUT2D eigenvalue weighted by atomic mass is 10.1. The number of benzene rings is 1. The molecule has 0 unspecified atom stereocenters. The standard InChI is InChI=1S/C15H19N3O2/c1-10-14(11(2)18-17-10)16-9-12-5-3-6-13-15(12)20-8-4-7-19-13/h3,5-6,16H,4,7-9H2,1-2H3,(H,17,18). The second-order valence-corrected chi connectivity index (χ2v) is 4.96. The summed E-state index contributed by atoms with van der Waals surface area (Å²) in [6.45, 7) is 6.09. The number of H-pyrrole nitrogens is 1. The number of anilines is 1. The molecule has 2 aromatic rings. The minimum absolute atomic E-state index is 0.688. The van der Waals surface area contributed by atoms with E-state index in [1.54, 1.807) is 0 Å². The minimum Gasteiger partial charge on any atom is -0.490 e. The van der Waals surface area contributed by atoms with Gasteiger partial charge >= 0.3 is 0 Å². The first kappa shape index (κ1) is 12.8. The summed E-state index contributed by atoms with van der Waals surface area (Å²) in [6, 6.07) is 6.02. The number of rotatable bonds is 3. The lowest BCUT2D eigenvalue weighted by Gasteiger charge is -2.13. The van der Waals surface area contributed by atoms with Gasteiger partial charge in [-0.1, -0.05) is 12.1 Å². The quantitative estimate of drug-likeness (QED) is 0.902. The summed E-state index contributed by atoms with van der Waals surface area (Å²) in [7, 11) is 0. The van der Waals surface area contributed by atoms with E-state index in [2.05, 4.69) is 21.6 Å². The third-order valence-electron chi connectivity index (χ3n) is 3.44. The number of aryl methyl sites for hydroxylation is 2. The number of nitrogens with one attached hydrogen (secondary N) is 2. The van der Waals surface area contributed by atoms with Crippen LogP contribution in [-0.4, -0.2) is 23.4 Å². The van der Waals surface area contributed by atoms with Gasteiger partial charge in [0.2, 0.25) is 0 Å². The molecule has 2 N–H and O–H groups in total. The molecule has 0 bridgehead atoms. The maximum atomic E-state index is 5.82. The molecular weight excluding hydrogens is 254 g/mol. The molecule has 5 nitrogen and oxygen atoms in total. The van der Waals surface area contributed by atoms with Gasteiger partial charge in [0, 0.05) is 18.5 Å². The number of ether oxygens (including phenoxy) is 2. The number of hydrogen-bond donors (Lipinski definition) is 2. The van der Waals surface area contributed by atoms with E-state index in [-0.39, 0.29) is 0 Å². The lowest BCUT2D eigenvalue weighted by molar-refractivity contribution is 0.296. The van der Waals surface area contributed by atoms with E-state index in [0.29, 0.717) is 19.8 Å². The summed E-state index contributed by atoms with van der Waals surface area (Å²) >= 11 is 0. The molecule has 3 rings (SSSR count). The predicted molar refractivity (Wildman–Crippen MR) is 77.4 cm³/mol. The molecule has 0 amide bonds. The van der Waals surface area contributed by atoms with Crippen molar-refractivity contribution in [2.75, 3.05) is 18.5 Å². The molecule has 1 aliphatic rings. The first-order chi connectivity index (χ1) is 9.75. The van der Waals surface area contributed by atoms with Crippen molar-refractivity contribution in [1.29, 1.82) is 0 Å². The van der Waals surface area contributed by atoms with E-state index in [4.69, 9.17) is 9.47 Å². The SMILES string of the molecule is Cc1n[nH]c(C)c1NCc1cccc2c1OCCCO2. The Labute approximate surface area is 118 Å². The molecule has 106 valence electrons. The van der Waals surface area contributed by atoms with Gasteiger partial charge in [0.15, 0.2) is 11.5 Å². The van der Waals surface area contributed by atoms with Crippen LogP contribution in [0.2, 0.25) is 0 Å². The second-order valence-electron chi connectivity index (χ2n) is 4.96. The van der Waals surface area contributed by atoms with Crippen LogP contribution in [0.15, 0.2) is 18.2 Å². The van der Waals surface area contributed by atoms with E-state index in [0.717, 1.165) is 40.6 Å². The molecule has 0 atom stereocenters. The number of nitrogens with zero attached hydrogens (tertiary/aromatic N) is 1. The Hall–Kier alpha value is -2.17. The Kier molecular flexibility index (Phi) is 3.50. The normalized spacial score (nSPS) is 13.9. The molecule has 0 spiro atoms. The number of aromatic nitrogens is 2. The highest BCUT2D eigenvalue weighted by Crippen LogP contribution is 2.33. The summed E-state index contributed by atoms with van der Waals surface area (Å²) in [4.78, 5) is 0. The highest BCUT2D eigenvalue weighted by molar-refractivity contribution is 5.54. The molecule has 0 saturated carbocycles. The summed E-state index contributed by atoms with van der Waals surface area (Å²) in [6.07, 6.45) is 0.918. The molecule has 0 saturated heterocycles. The molecule has 0 fully saturated rings. The number of aromatic amines is 1. The first-order valence-corrected chi connectivity index (χ1v) is 6.88. The van der Waals surface area contributed by atoms with Crippen LogP contribution in [0.4, 0.5) is 5.69 Å². The van der Waals surface area contributed by atoms with Crippen molar-refractivity contribution in [2.45, 2.75) is 26.8 Å². The topological polar surface area (TPSA) is 59.2 Å². The Bertz CT molecular complexity index is 588. The fourth-order valence-corrected chi connectivity index (χ4v) is 2.39. The van der Waals surface area contributed by atoms with E-state index in [9.17, 15) is 0 Å². The van der Waals surface area contributed by atoms with Crippen LogP contribution in [0.5, 0.6) is 11.5 Å². The van der Waals surface area contributed by atoms with Crippen molar-refractivity contribution >= 4 is 5.69 Å². The second kappa shape index (κ2) is 5.45. The van der Waals surface area contributed by atoms with Crippen LogP contribution < -0.4 is 14.8 Å². The Morgan fingerprint density at radius 2 is 2.10 bits per heavy atom. The van der Waals surface area contributed by atoms with Gasteiger partial charge < -0.3 is 14.8 Å². The molecule has 1 aromatic heterocycles. The summed E-state index contributed by atoms with van der Waals surface area (Å²) in [5.74, 6) is 1.69. The molecule has 20 heavy (non-hydrogen) atoms. The van der Waals surface area contributed by atoms with Crippen molar-refractivity contribution < 1.29 is 9.47 Å². The van der Waals surface area contributed by atoms with Crippen molar-refractivity contribution in [3.63, 3.8) is 0 Å². The Morgan fingerprint density at radius 1 is 1.25 bits per heavy atom. The Balaban J connectivity index is 1.81. The van der Waals surface area contributed by atoms with Gasteiger partial charge in [-0.15, -0.1) is 0 Å². The fraction of sp³-hybridized carbons (Fsp3) is 0.400. The third-order valence-corrected chi connectivity index (χ3v) is 3.44. The predicted octanol–water partition coefficient (Wildman–Crippen LogP) is 2.80. The summed E-state index contributed by atoms with van der Waals surface area (Å²) < 4.78 is 11.5. The molecule has 1 aromatic carbocycles. The largest absolute Gasteiger partial charge is 0.490 e. The Morgan fingerprint density at radius 3 is 2.90 bits per heavy atom. The van der Waals surface area contributed by atoms with Gasteiger partial charge in [-0.3, -0.25) is 5.10 Å². The van der Waals surface area contributed by atoms with Crippen LogP contribution in [0.3, 0.4) is 0 Å². The van der Waals surface area contributed by atoms with Gasteiger partial charge in [-0.25, -0.2) is 0 Å². The van der Waals surface area contributed by atoms with Crippen LogP contribution in [-0.2, 0) is 6.54 Å². The minimum atomic E-state index is 0.688. The van der Waals surface area contributed by atoms with Crippen molar-refractivity contribution in [2.24, 2.45) is 0 Å². The zero-order valence-corrected chi connectivity index (χ0v) is 11.8. The van der Waals surface area contributed by atoms with E-state index < -0.39 is 0 Å². The molecule has 0 aliphatic carbocycles. The van der Waals surface area contributed by atoms with Crippen molar-refractivity contribution in [1.82, 2.24) is 10.2 Å². The van der Waals surface area contributed by atoms with Gasteiger partial charge in [-0.05, 0) is 19.9 Å². The average Bonchev–Trinajstić information content (AvgIpc) is 2.68. The number of para-hydroxylation sites is 1. The van der Waals surface area contributed by atoms with E-state index >= 15 is 0 Å². The highest BCUT2D eigenvalue weighted by atomic mass is 16.5. The van der Waals surface area contributed by atoms with Gasteiger partial charge in [0.05, 0.1) is 30.3 Å². The molecule has 0 radical (unpaired) electrons. The number of fused-ring (bicyclic) bond motifs is 1. The lowest BCUT2D eigenvalue weighted by Crippen LogP contribution is -2.04.